The van der Waals surface area contributed by atoms with Gasteiger partial charge >= 0.3 is 0 Å². The van der Waals surface area contributed by atoms with Gasteiger partial charge in [-0.05, 0) is 60.3 Å². The van der Waals surface area contributed by atoms with Crippen LogP contribution in [0.4, 0.5) is 28.9 Å². The van der Waals surface area contributed by atoms with Crippen LogP contribution in [0, 0.1) is 29.2 Å². The van der Waals surface area contributed by atoms with Crippen molar-refractivity contribution in [2.24, 2.45) is 5.92 Å². The van der Waals surface area contributed by atoms with Gasteiger partial charge in [-0.1, -0.05) is 0 Å². The third-order valence-electron chi connectivity index (χ3n) is 6.45. The van der Waals surface area contributed by atoms with Crippen LogP contribution in [0.15, 0.2) is 0 Å². The Morgan fingerprint density at radius 3 is 1.86 bits per heavy atom. The van der Waals surface area contributed by atoms with E-state index in [9.17, 15) is 30.8 Å². The molecule has 0 unspecified atom stereocenters. The number of carbonyl (C=O) groups excluding carboxylic acids is 1. The second-order valence-electron chi connectivity index (χ2n) is 10.4. The van der Waals surface area contributed by atoms with Crippen molar-refractivity contribution >= 4 is 27.3 Å². The van der Waals surface area contributed by atoms with Crippen LogP contribution in [0.1, 0.15) is 60.3 Å². The minimum absolute atomic E-state index is 0.0466. The molecule has 0 radical (unpaired) electrons. The molecule has 1 aliphatic carbocycles. The molecule has 3 rings (SSSR count). The first-order valence-electron chi connectivity index (χ1n) is 11.7. The maximum atomic E-state index is 14.9. The molecule has 1 aromatic carbocycles. The number of nitrogens with zero attached hydrogens (tertiary/aromatic N) is 1. The zero-order valence-corrected chi connectivity index (χ0v) is 21.4. The predicted molar refractivity (Wildman–Crippen MR) is 125 cm³/mol. The van der Waals surface area contributed by atoms with E-state index in [4.69, 9.17) is 4.74 Å². The summed E-state index contributed by atoms with van der Waals surface area (Å²) in [6.45, 7) is 8.17. The van der Waals surface area contributed by atoms with Crippen LogP contribution in [0.2, 0.25) is 0 Å². The zero-order valence-electron chi connectivity index (χ0n) is 20.6. The van der Waals surface area contributed by atoms with Crippen LogP contribution in [-0.4, -0.2) is 50.4 Å². The number of carbonyl (C=O) groups is 1. The second kappa shape index (κ2) is 10.2. The second-order valence-corrected chi connectivity index (χ2v) is 12.9. The standard InChI is InChI=1S/C23H33F4N3O4S/c1-12-10-30(11-13(2)34-12)21-18(26)16(24)20(17(25)19(21)27)28-22(31)14-6-8-15(9-7-14)29-35(32,33)23(3,4)5/h12-15,29H,6-11H2,1-5H3,(H,28,31)/t12-,13+,14-,15-. The number of rotatable bonds is 5. The van der Waals surface area contributed by atoms with Gasteiger partial charge in [0.1, 0.15) is 11.4 Å². The number of amides is 1. The van der Waals surface area contributed by atoms with Gasteiger partial charge in [-0.2, -0.15) is 0 Å². The number of ether oxygens (including phenoxy) is 1. The fourth-order valence-electron chi connectivity index (χ4n) is 4.46. The Labute approximate surface area is 203 Å². The fraction of sp³-hybridized carbons (Fsp3) is 0.696. The highest BCUT2D eigenvalue weighted by molar-refractivity contribution is 7.90. The molecule has 12 heteroatoms. The van der Waals surface area contributed by atoms with Gasteiger partial charge in [0, 0.05) is 25.0 Å². The molecule has 2 fully saturated rings. The number of anilines is 2. The van der Waals surface area contributed by atoms with Gasteiger partial charge in [-0.25, -0.2) is 30.7 Å². The number of hydrogen-bond donors (Lipinski definition) is 2. The molecule has 2 aliphatic rings. The number of sulfonamides is 1. The molecular weight excluding hydrogens is 490 g/mol. The highest BCUT2D eigenvalue weighted by Crippen LogP contribution is 2.36. The molecule has 0 bridgehead atoms. The summed E-state index contributed by atoms with van der Waals surface area (Å²) in [5.41, 5.74) is -2.00. The maximum absolute atomic E-state index is 14.9. The highest BCUT2D eigenvalue weighted by Gasteiger charge is 2.36. The largest absolute Gasteiger partial charge is 0.372 e. The molecule has 0 spiro atoms. The molecule has 1 amide bonds. The molecule has 1 aliphatic heterocycles. The van der Waals surface area contributed by atoms with E-state index >= 15 is 0 Å². The Balaban J connectivity index is 1.71. The van der Waals surface area contributed by atoms with Crippen molar-refractivity contribution in [2.45, 2.75) is 83.3 Å². The molecule has 0 aromatic heterocycles. The van der Waals surface area contributed by atoms with Crippen LogP contribution in [0.3, 0.4) is 0 Å². The average Bonchev–Trinajstić information content (AvgIpc) is 2.74. The van der Waals surface area contributed by atoms with Crippen molar-refractivity contribution in [1.29, 1.82) is 0 Å². The lowest BCUT2D eigenvalue weighted by molar-refractivity contribution is -0.120. The number of halogens is 4. The van der Waals surface area contributed by atoms with E-state index in [1.54, 1.807) is 34.6 Å². The summed E-state index contributed by atoms with van der Waals surface area (Å²) in [6.07, 6.45) is 0.385. The van der Waals surface area contributed by atoms with Crippen molar-refractivity contribution in [3.8, 4) is 0 Å². The normalized spacial score (nSPS) is 26.0. The zero-order chi connectivity index (χ0) is 26.3. The topological polar surface area (TPSA) is 87.7 Å². The molecule has 1 saturated carbocycles. The third kappa shape index (κ3) is 5.91. The first kappa shape index (κ1) is 27.7. The molecule has 35 heavy (non-hydrogen) atoms. The monoisotopic (exact) mass is 523 g/mol. The Morgan fingerprint density at radius 2 is 1.40 bits per heavy atom. The summed E-state index contributed by atoms with van der Waals surface area (Å²) >= 11 is 0. The lowest BCUT2D eigenvalue weighted by Gasteiger charge is -2.37. The van der Waals surface area contributed by atoms with E-state index in [1.807, 2.05) is 5.32 Å². The number of benzene rings is 1. The van der Waals surface area contributed by atoms with E-state index in [0.29, 0.717) is 12.8 Å². The van der Waals surface area contributed by atoms with Crippen molar-refractivity contribution in [1.82, 2.24) is 4.72 Å². The summed E-state index contributed by atoms with van der Waals surface area (Å²) in [5.74, 6) is -7.98. The predicted octanol–water partition coefficient (Wildman–Crippen LogP) is 4.07. The first-order valence-corrected chi connectivity index (χ1v) is 13.2. The fourth-order valence-corrected chi connectivity index (χ4v) is 5.49. The molecule has 1 saturated heterocycles. The smallest absolute Gasteiger partial charge is 0.227 e. The van der Waals surface area contributed by atoms with E-state index in [1.165, 1.54) is 4.90 Å². The van der Waals surface area contributed by atoms with E-state index in [2.05, 4.69) is 4.72 Å². The average molecular weight is 524 g/mol. The van der Waals surface area contributed by atoms with Crippen LogP contribution in [-0.2, 0) is 19.6 Å². The molecule has 2 atom stereocenters. The maximum Gasteiger partial charge on any atom is 0.227 e. The van der Waals surface area contributed by atoms with Gasteiger partial charge in [0.15, 0.2) is 23.3 Å². The lowest BCUT2D eigenvalue weighted by Crippen LogP contribution is -2.46. The summed E-state index contributed by atoms with van der Waals surface area (Å²) < 4.78 is 91.2. The Bertz CT molecular complexity index is 1030. The number of nitrogens with one attached hydrogen (secondary N) is 2. The summed E-state index contributed by atoms with van der Waals surface area (Å²) in [4.78, 5) is 13.9. The minimum Gasteiger partial charge on any atom is -0.372 e. The van der Waals surface area contributed by atoms with Gasteiger partial charge in [-0.15, -0.1) is 0 Å². The Hall–Kier alpha value is -1.92. The van der Waals surface area contributed by atoms with E-state index in [0.717, 1.165) is 0 Å². The van der Waals surface area contributed by atoms with Crippen LogP contribution >= 0.6 is 0 Å². The lowest BCUT2D eigenvalue weighted by atomic mass is 9.86. The van der Waals surface area contributed by atoms with Crippen molar-refractivity contribution in [2.75, 3.05) is 23.3 Å². The Kier molecular flexibility index (Phi) is 8.07. The van der Waals surface area contributed by atoms with Crippen molar-refractivity contribution in [3.05, 3.63) is 23.3 Å². The molecule has 2 N–H and O–H groups in total. The highest BCUT2D eigenvalue weighted by atomic mass is 32.2. The minimum atomic E-state index is -3.57. The molecular formula is C23H33F4N3O4S. The first-order chi connectivity index (χ1) is 16.1. The van der Waals surface area contributed by atoms with Crippen LogP contribution in [0.5, 0.6) is 0 Å². The van der Waals surface area contributed by atoms with Crippen molar-refractivity contribution in [3.63, 3.8) is 0 Å². The van der Waals surface area contributed by atoms with Gasteiger partial charge in [0.05, 0.1) is 17.0 Å². The summed E-state index contributed by atoms with van der Waals surface area (Å²) in [7, 11) is -3.57. The number of hydrogen-bond acceptors (Lipinski definition) is 5. The van der Waals surface area contributed by atoms with Crippen LogP contribution < -0.4 is 14.9 Å². The van der Waals surface area contributed by atoms with E-state index in [-0.39, 0.29) is 32.0 Å². The van der Waals surface area contributed by atoms with Crippen LogP contribution in [0.25, 0.3) is 0 Å². The van der Waals surface area contributed by atoms with Gasteiger partial charge in [-0.3, -0.25) is 4.79 Å². The van der Waals surface area contributed by atoms with Gasteiger partial charge in [0.25, 0.3) is 0 Å². The van der Waals surface area contributed by atoms with E-state index < -0.39 is 73.4 Å². The SMILES string of the molecule is C[C@@H]1CN(c2c(F)c(F)c(NC(=O)[C@H]3CC[C@H](NS(=O)(=O)C(C)(C)C)CC3)c(F)c2F)C[C@H](C)O1. The van der Waals surface area contributed by atoms with Gasteiger partial charge in [0.2, 0.25) is 15.9 Å². The number of morpholine rings is 1. The quantitative estimate of drug-likeness (QED) is 0.449. The summed E-state index contributed by atoms with van der Waals surface area (Å²) in [5, 5.41) is 2.01. The Morgan fingerprint density at radius 1 is 0.914 bits per heavy atom. The molecule has 198 valence electrons. The third-order valence-corrected chi connectivity index (χ3v) is 8.71. The summed E-state index contributed by atoms with van der Waals surface area (Å²) in [6, 6.07) is -0.371. The van der Waals surface area contributed by atoms with Gasteiger partial charge < -0.3 is 15.0 Å². The molecule has 7 nitrogen and oxygen atoms in total. The van der Waals surface area contributed by atoms with Crippen molar-refractivity contribution < 1.29 is 35.5 Å². The molecule has 1 aromatic rings. The molecule has 1 heterocycles.